The van der Waals surface area contributed by atoms with E-state index >= 15 is 0 Å². The topological polar surface area (TPSA) is 58.3 Å². The fraction of sp³-hybridized carbons (Fsp3) is 0.571. The van der Waals surface area contributed by atoms with Gasteiger partial charge < -0.3 is 16.2 Å². The third-order valence-electron chi connectivity index (χ3n) is 3.68. The van der Waals surface area contributed by atoms with Crippen LogP contribution in [0.5, 0.6) is 0 Å². The minimum absolute atomic E-state index is 0.123. The summed E-state index contributed by atoms with van der Waals surface area (Å²) in [6, 6.07) is 3.77. The molecule has 1 fully saturated rings. The zero-order valence-corrected chi connectivity index (χ0v) is 11.5. The molecule has 1 aliphatic carbocycles. The lowest BCUT2D eigenvalue weighted by Gasteiger charge is -2.26. The summed E-state index contributed by atoms with van der Waals surface area (Å²) in [6.45, 7) is 2.91. The minimum Gasteiger partial charge on any atom is -0.398 e. The van der Waals surface area contributed by atoms with Crippen molar-refractivity contribution in [1.29, 1.82) is 0 Å². The number of rotatable bonds is 3. The SMILES string of the molecule is Cc1cc(N)c(Cl)cc1NCC1CCCC(O)C1. The summed E-state index contributed by atoms with van der Waals surface area (Å²) in [5, 5.41) is 13.7. The molecule has 0 aliphatic heterocycles. The molecule has 1 aromatic carbocycles. The first kappa shape index (κ1) is 13.5. The van der Waals surface area contributed by atoms with E-state index in [0.717, 1.165) is 37.1 Å². The van der Waals surface area contributed by atoms with E-state index in [1.165, 1.54) is 6.42 Å². The molecule has 4 heteroatoms. The van der Waals surface area contributed by atoms with Crippen LogP contribution in [0.25, 0.3) is 0 Å². The van der Waals surface area contributed by atoms with Gasteiger partial charge in [0.25, 0.3) is 0 Å². The number of anilines is 2. The molecule has 4 N–H and O–H groups in total. The molecule has 0 heterocycles. The number of aryl methyl sites for hydroxylation is 1. The smallest absolute Gasteiger partial charge is 0.0656 e. The van der Waals surface area contributed by atoms with Gasteiger partial charge in [-0.2, -0.15) is 0 Å². The lowest BCUT2D eigenvalue weighted by atomic mass is 9.87. The van der Waals surface area contributed by atoms with Gasteiger partial charge in [0.15, 0.2) is 0 Å². The van der Waals surface area contributed by atoms with Crippen LogP contribution in [0.1, 0.15) is 31.2 Å². The van der Waals surface area contributed by atoms with Crippen LogP contribution in [-0.2, 0) is 0 Å². The maximum Gasteiger partial charge on any atom is 0.0656 e. The summed E-state index contributed by atoms with van der Waals surface area (Å²) in [4.78, 5) is 0. The lowest BCUT2D eigenvalue weighted by Crippen LogP contribution is -2.25. The molecule has 100 valence electrons. The Kier molecular flexibility index (Phi) is 4.36. The van der Waals surface area contributed by atoms with Crippen molar-refractivity contribution in [2.24, 2.45) is 5.92 Å². The van der Waals surface area contributed by atoms with Crippen molar-refractivity contribution in [2.45, 2.75) is 38.7 Å². The Bertz CT molecular complexity index is 423. The molecule has 2 unspecified atom stereocenters. The van der Waals surface area contributed by atoms with Crippen molar-refractivity contribution in [2.75, 3.05) is 17.6 Å². The van der Waals surface area contributed by atoms with Gasteiger partial charge in [-0.1, -0.05) is 18.0 Å². The first-order chi connectivity index (χ1) is 8.56. The molecule has 3 nitrogen and oxygen atoms in total. The van der Waals surface area contributed by atoms with E-state index in [2.05, 4.69) is 5.32 Å². The number of halogens is 1. The molecule has 2 atom stereocenters. The maximum absolute atomic E-state index is 9.65. The molecule has 0 saturated heterocycles. The predicted molar refractivity (Wildman–Crippen MR) is 77.1 cm³/mol. The second-order valence-electron chi connectivity index (χ2n) is 5.26. The first-order valence-electron chi connectivity index (χ1n) is 6.54. The third-order valence-corrected chi connectivity index (χ3v) is 4.01. The van der Waals surface area contributed by atoms with E-state index in [1.807, 2.05) is 19.1 Å². The Hall–Kier alpha value is -0.930. The van der Waals surface area contributed by atoms with E-state index in [0.29, 0.717) is 16.6 Å². The Labute approximate surface area is 113 Å². The highest BCUT2D eigenvalue weighted by Gasteiger charge is 2.19. The molecular weight excluding hydrogens is 248 g/mol. The third kappa shape index (κ3) is 3.30. The van der Waals surface area contributed by atoms with Crippen LogP contribution < -0.4 is 11.1 Å². The normalized spacial score (nSPS) is 23.9. The highest BCUT2D eigenvalue weighted by molar-refractivity contribution is 6.33. The van der Waals surface area contributed by atoms with Gasteiger partial charge in [-0.05, 0) is 49.8 Å². The van der Waals surface area contributed by atoms with Crippen LogP contribution in [0.15, 0.2) is 12.1 Å². The zero-order chi connectivity index (χ0) is 13.1. The number of benzene rings is 1. The molecule has 0 amide bonds. The van der Waals surface area contributed by atoms with E-state index < -0.39 is 0 Å². The summed E-state index contributed by atoms with van der Waals surface area (Å²) >= 11 is 6.03. The standard InChI is InChI=1S/C14H21ClN2O/c1-9-5-13(16)12(15)7-14(9)17-8-10-3-2-4-11(18)6-10/h5,7,10-11,17-18H,2-4,6,8,16H2,1H3. The number of aliphatic hydroxyl groups is 1. The molecule has 1 saturated carbocycles. The number of hydrogen-bond acceptors (Lipinski definition) is 3. The van der Waals surface area contributed by atoms with Gasteiger partial charge in [-0.15, -0.1) is 0 Å². The molecule has 2 rings (SSSR count). The molecular formula is C14H21ClN2O. The van der Waals surface area contributed by atoms with Crippen LogP contribution in [0.2, 0.25) is 5.02 Å². The van der Waals surface area contributed by atoms with Crippen LogP contribution in [0.3, 0.4) is 0 Å². The van der Waals surface area contributed by atoms with Crippen molar-refractivity contribution >= 4 is 23.0 Å². The number of nitrogen functional groups attached to an aromatic ring is 1. The summed E-state index contributed by atoms with van der Waals surface area (Å²) in [7, 11) is 0. The quantitative estimate of drug-likeness (QED) is 0.738. The molecule has 0 bridgehead atoms. The highest BCUT2D eigenvalue weighted by atomic mass is 35.5. The van der Waals surface area contributed by atoms with Crippen LogP contribution in [0.4, 0.5) is 11.4 Å². The van der Waals surface area contributed by atoms with Crippen molar-refractivity contribution in [3.05, 3.63) is 22.7 Å². The van der Waals surface area contributed by atoms with Crippen molar-refractivity contribution in [1.82, 2.24) is 0 Å². The van der Waals surface area contributed by atoms with Gasteiger partial charge >= 0.3 is 0 Å². The van der Waals surface area contributed by atoms with Crippen LogP contribution in [0, 0.1) is 12.8 Å². The fourth-order valence-electron chi connectivity index (χ4n) is 2.60. The number of nitrogens with one attached hydrogen (secondary N) is 1. The Morgan fingerprint density at radius 2 is 2.22 bits per heavy atom. The maximum atomic E-state index is 9.65. The van der Waals surface area contributed by atoms with Crippen LogP contribution in [-0.4, -0.2) is 17.8 Å². The molecule has 0 spiro atoms. The minimum atomic E-state index is -0.123. The van der Waals surface area contributed by atoms with Crippen LogP contribution >= 0.6 is 11.6 Å². The fourth-order valence-corrected chi connectivity index (χ4v) is 2.76. The summed E-state index contributed by atoms with van der Waals surface area (Å²) in [6.07, 6.45) is 4.03. The van der Waals surface area contributed by atoms with Gasteiger partial charge in [0.1, 0.15) is 0 Å². The highest BCUT2D eigenvalue weighted by Crippen LogP contribution is 2.28. The van der Waals surface area contributed by atoms with Gasteiger partial charge in [0, 0.05) is 12.2 Å². The first-order valence-corrected chi connectivity index (χ1v) is 6.91. The summed E-state index contributed by atoms with van der Waals surface area (Å²) in [5.74, 6) is 0.546. The Morgan fingerprint density at radius 3 is 2.94 bits per heavy atom. The average Bonchev–Trinajstić information content (AvgIpc) is 2.32. The molecule has 18 heavy (non-hydrogen) atoms. The molecule has 0 radical (unpaired) electrons. The van der Waals surface area contributed by atoms with E-state index in [4.69, 9.17) is 17.3 Å². The van der Waals surface area contributed by atoms with Gasteiger partial charge in [0.2, 0.25) is 0 Å². The van der Waals surface area contributed by atoms with Gasteiger partial charge in [-0.3, -0.25) is 0 Å². The zero-order valence-electron chi connectivity index (χ0n) is 10.7. The van der Waals surface area contributed by atoms with Crippen molar-refractivity contribution in [3.8, 4) is 0 Å². The molecule has 1 aliphatic rings. The second kappa shape index (κ2) is 5.81. The number of aliphatic hydroxyl groups excluding tert-OH is 1. The van der Waals surface area contributed by atoms with Gasteiger partial charge in [0.05, 0.1) is 16.8 Å². The number of hydrogen-bond donors (Lipinski definition) is 3. The van der Waals surface area contributed by atoms with E-state index in [1.54, 1.807) is 0 Å². The Morgan fingerprint density at radius 1 is 1.44 bits per heavy atom. The summed E-state index contributed by atoms with van der Waals surface area (Å²) < 4.78 is 0. The van der Waals surface area contributed by atoms with Gasteiger partial charge in [-0.25, -0.2) is 0 Å². The lowest BCUT2D eigenvalue weighted by molar-refractivity contribution is 0.105. The molecule has 0 aromatic heterocycles. The second-order valence-corrected chi connectivity index (χ2v) is 5.66. The number of nitrogens with two attached hydrogens (primary N) is 1. The van der Waals surface area contributed by atoms with Crippen molar-refractivity contribution in [3.63, 3.8) is 0 Å². The predicted octanol–water partition coefficient (Wildman–Crippen LogP) is 3.19. The molecule has 1 aromatic rings. The van der Waals surface area contributed by atoms with Crippen molar-refractivity contribution < 1.29 is 5.11 Å². The summed E-state index contributed by atoms with van der Waals surface area (Å²) in [5.41, 5.74) is 8.51. The monoisotopic (exact) mass is 268 g/mol. The van der Waals surface area contributed by atoms with E-state index in [9.17, 15) is 5.11 Å². The van der Waals surface area contributed by atoms with E-state index in [-0.39, 0.29) is 6.10 Å². The average molecular weight is 269 g/mol. The largest absolute Gasteiger partial charge is 0.398 e. The Balaban J connectivity index is 1.95.